The Morgan fingerprint density at radius 2 is 1.06 bits per heavy atom. The summed E-state index contributed by atoms with van der Waals surface area (Å²) in [6.07, 6.45) is 16.4. The van der Waals surface area contributed by atoms with Crippen LogP contribution in [-0.2, 0) is 23.9 Å². The van der Waals surface area contributed by atoms with Gasteiger partial charge in [-0.3, -0.25) is 9.59 Å². The number of rotatable bonds is 25. The SMILES string of the molecule is CCCCCCCCCOC(=O)C(CCCCC)C(O)(CC(=O)O)C(=O)OCCCCCCCCC. The van der Waals surface area contributed by atoms with Gasteiger partial charge in [0.1, 0.15) is 0 Å². The third-order valence-electron chi connectivity index (χ3n) is 6.70. The van der Waals surface area contributed by atoms with E-state index >= 15 is 0 Å². The van der Waals surface area contributed by atoms with Crippen LogP contribution in [0.25, 0.3) is 0 Å². The van der Waals surface area contributed by atoms with Gasteiger partial charge in [0, 0.05) is 0 Å². The Kier molecular flexibility index (Phi) is 21.5. The lowest BCUT2D eigenvalue weighted by Gasteiger charge is -2.31. The van der Waals surface area contributed by atoms with E-state index in [1.54, 1.807) is 0 Å². The Bertz CT molecular complexity index is 578. The van der Waals surface area contributed by atoms with Crippen LogP contribution in [0.4, 0.5) is 0 Å². The molecule has 0 radical (unpaired) electrons. The monoisotopic (exact) mass is 514 g/mol. The number of hydrogen-bond acceptors (Lipinski definition) is 6. The number of carbonyl (C=O) groups is 3. The van der Waals surface area contributed by atoms with Crippen LogP contribution in [0.15, 0.2) is 0 Å². The van der Waals surface area contributed by atoms with Gasteiger partial charge < -0.3 is 19.7 Å². The zero-order valence-corrected chi connectivity index (χ0v) is 23.4. The highest BCUT2D eigenvalue weighted by Gasteiger charge is 2.51. The Morgan fingerprint density at radius 3 is 1.53 bits per heavy atom. The standard InChI is InChI=1S/C29H54O7/c1-4-7-10-12-14-16-19-22-35-27(32)25(21-18-9-6-3)29(34,24-26(30)31)28(33)36-23-20-17-15-13-11-8-5-2/h25,34H,4-24H2,1-3H3,(H,30,31). The number of hydrogen-bond donors (Lipinski definition) is 2. The number of carboxylic acids is 1. The molecule has 0 saturated heterocycles. The van der Waals surface area contributed by atoms with E-state index < -0.39 is 35.8 Å². The molecule has 0 fully saturated rings. The molecule has 36 heavy (non-hydrogen) atoms. The Balaban J connectivity index is 4.96. The Hall–Kier alpha value is -1.63. The third kappa shape index (κ3) is 16.2. The second-order valence-corrected chi connectivity index (χ2v) is 10.1. The van der Waals surface area contributed by atoms with Crippen molar-refractivity contribution < 1.29 is 34.1 Å². The first kappa shape index (κ1) is 34.4. The van der Waals surface area contributed by atoms with Crippen molar-refractivity contribution in [1.29, 1.82) is 0 Å². The first-order chi connectivity index (χ1) is 17.3. The minimum absolute atomic E-state index is 0.100. The second-order valence-electron chi connectivity index (χ2n) is 10.1. The third-order valence-corrected chi connectivity index (χ3v) is 6.70. The molecule has 2 atom stereocenters. The van der Waals surface area contributed by atoms with E-state index in [0.717, 1.165) is 51.4 Å². The lowest BCUT2D eigenvalue weighted by atomic mass is 9.81. The van der Waals surface area contributed by atoms with E-state index in [9.17, 15) is 24.6 Å². The van der Waals surface area contributed by atoms with E-state index in [0.29, 0.717) is 19.3 Å². The maximum absolute atomic E-state index is 13.0. The van der Waals surface area contributed by atoms with Crippen LogP contribution in [0.1, 0.15) is 143 Å². The largest absolute Gasteiger partial charge is 0.481 e. The van der Waals surface area contributed by atoms with E-state index in [4.69, 9.17) is 9.47 Å². The molecule has 7 nitrogen and oxygen atoms in total. The van der Waals surface area contributed by atoms with Crippen molar-refractivity contribution in [1.82, 2.24) is 0 Å². The van der Waals surface area contributed by atoms with Crippen LogP contribution >= 0.6 is 0 Å². The molecule has 0 aromatic rings. The summed E-state index contributed by atoms with van der Waals surface area (Å²) < 4.78 is 10.7. The van der Waals surface area contributed by atoms with Crippen molar-refractivity contribution in [3.63, 3.8) is 0 Å². The molecule has 0 aliphatic rings. The molecule has 2 unspecified atom stereocenters. The van der Waals surface area contributed by atoms with Crippen molar-refractivity contribution in [2.75, 3.05) is 13.2 Å². The molecule has 0 aliphatic heterocycles. The van der Waals surface area contributed by atoms with E-state index in [2.05, 4.69) is 13.8 Å². The summed E-state index contributed by atoms with van der Waals surface area (Å²) in [5, 5.41) is 20.7. The molecular formula is C29H54O7. The highest BCUT2D eigenvalue weighted by molar-refractivity contribution is 5.91. The molecule has 0 amide bonds. The highest BCUT2D eigenvalue weighted by atomic mass is 16.6. The van der Waals surface area contributed by atoms with Crippen molar-refractivity contribution in [2.24, 2.45) is 5.92 Å². The van der Waals surface area contributed by atoms with E-state index in [1.165, 1.54) is 38.5 Å². The van der Waals surface area contributed by atoms with Gasteiger partial charge in [0.05, 0.1) is 25.6 Å². The maximum atomic E-state index is 13.0. The first-order valence-electron chi connectivity index (χ1n) is 14.6. The van der Waals surface area contributed by atoms with Gasteiger partial charge in [-0.2, -0.15) is 0 Å². The van der Waals surface area contributed by atoms with Crippen molar-refractivity contribution in [3.8, 4) is 0 Å². The van der Waals surface area contributed by atoms with Gasteiger partial charge in [-0.25, -0.2) is 4.79 Å². The lowest BCUT2D eigenvalue weighted by molar-refractivity contribution is -0.186. The summed E-state index contributed by atoms with van der Waals surface area (Å²) in [5.41, 5.74) is -2.43. The fourth-order valence-electron chi connectivity index (χ4n) is 4.40. The minimum Gasteiger partial charge on any atom is -0.481 e. The summed E-state index contributed by atoms with van der Waals surface area (Å²) in [7, 11) is 0. The van der Waals surface area contributed by atoms with Crippen LogP contribution in [-0.4, -0.2) is 46.9 Å². The van der Waals surface area contributed by atoms with Gasteiger partial charge in [0.15, 0.2) is 5.60 Å². The fourth-order valence-corrected chi connectivity index (χ4v) is 4.40. The zero-order chi connectivity index (χ0) is 27.1. The van der Waals surface area contributed by atoms with Gasteiger partial charge in [-0.15, -0.1) is 0 Å². The molecule has 0 rings (SSSR count). The molecule has 0 aromatic carbocycles. The minimum atomic E-state index is -2.43. The number of esters is 2. The molecule has 0 aliphatic carbocycles. The summed E-state index contributed by atoms with van der Waals surface area (Å²) >= 11 is 0. The van der Waals surface area contributed by atoms with Gasteiger partial charge in [-0.1, -0.05) is 117 Å². The predicted molar refractivity (Wildman–Crippen MR) is 143 cm³/mol. The van der Waals surface area contributed by atoms with Crippen LogP contribution in [0.5, 0.6) is 0 Å². The Labute approximate surface area is 219 Å². The first-order valence-corrected chi connectivity index (χ1v) is 14.6. The predicted octanol–water partition coefficient (Wildman–Crippen LogP) is 6.98. The van der Waals surface area contributed by atoms with Crippen molar-refractivity contribution >= 4 is 17.9 Å². The molecule has 2 N–H and O–H groups in total. The molecule has 0 spiro atoms. The average Bonchev–Trinajstić information content (AvgIpc) is 2.84. The number of aliphatic carboxylic acids is 1. The summed E-state index contributed by atoms with van der Waals surface area (Å²) in [6.45, 7) is 6.65. The van der Waals surface area contributed by atoms with Gasteiger partial charge in [0.25, 0.3) is 0 Å². The highest BCUT2D eigenvalue weighted by Crippen LogP contribution is 2.30. The summed E-state index contributed by atoms with van der Waals surface area (Å²) in [5.74, 6) is -4.36. The fraction of sp³-hybridized carbons (Fsp3) is 0.897. The summed E-state index contributed by atoms with van der Waals surface area (Å²) in [4.78, 5) is 37.4. The molecule has 0 bridgehead atoms. The average molecular weight is 515 g/mol. The quantitative estimate of drug-likeness (QED) is 0.0999. The molecule has 0 saturated carbocycles. The molecule has 212 valence electrons. The van der Waals surface area contributed by atoms with Gasteiger partial charge in [0.2, 0.25) is 0 Å². The number of carbonyl (C=O) groups excluding carboxylic acids is 2. The zero-order valence-electron chi connectivity index (χ0n) is 23.4. The van der Waals surface area contributed by atoms with Gasteiger partial charge >= 0.3 is 17.9 Å². The van der Waals surface area contributed by atoms with E-state index in [1.807, 2.05) is 6.92 Å². The smallest absolute Gasteiger partial charge is 0.339 e. The van der Waals surface area contributed by atoms with Crippen LogP contribution in [0.2, 0.25) is 0 Å². The second kappa shape index (κ2) is 22.6. The molecule has 0 heterocycles. The van der Waals surface area contributed by atoms with Crippen LogP contribution in [0.3, 0.4) is 0 Å². The van der Waals surface area contributed by atoms with E-state index in [-0.39, 0.29) is 19.6 Å². The number of unbranched alkanes of at least 4 members (excludes halogenated alkanes) is 14. The summed E-state index contributed by atoms with van der Waals surface area (Å²) in [6, 6.07) is 0. The number of ether oxygens (including phenoxy) is 2. The normalized spacial score (nSPS) is 13.7. The topological polar surface area (TPSA) is 110 Å². The number of carboxylic acid groups (broad SMARTS) is 1. The van der Waals surface area contributed by atoms with Crippen molar-refractivity contribution in [2.45, 2.75) is 148 Å². The maximum Gasteiger partial charge on any atom is 0.339 e. The van der Waals surface area contributed by atoms with Crippen molar-refractivity contribution in [3.05, 3.63) is 0 Å². The molecule has 0 aromatic heterocycles. The van der Waals surface area contributed by atoms with Gasteiger partial charge in [-0.05, 0) is 19.3 Å². The number of aliphatic hydroxyl groups is 1. The van der Waals surface area contributed by atoms with Crippen LogP contribution in [0, 0.1) is 5.92 Å². The molecule has 7 heteroatoms. The molecular weight excluding hydrogens is 460 g/mol. The Morgan fingerprint density at radius 1 is 0.639 bits per heavy atom. The van der Waals surface area contributed by atoms with Crippen LogP contribution < -0.4 is 0 Å². The lowest BCUT2D eigenvalue weighted by Crippen LogP contribution is -2.52.